The number of aryl methyl sites for hydroxylation is 1. The second kappa shape index (κ2) is 5.07. The average molecular weight is 278 g/mol. The van der Waals surface area contributed by atoms with E-state index in [0.717, 1.165) is 4.88 Å². The first-order valence-electron chi connectivity index (χ1n) is 5.31. The maximum absolute atomic E-state index is 11.9. The Morgan fingerprint density at radius 3 is 2.68 bits per heavy atom. The Bertz CT molecular complexity index is 682. The number of nitrogens with one attached hydrogen (secondary N) is 2. The van der Waals surface area contributed by atoms with Crippen LogP contribution in [0.2, 0.25) is 0 Å². The number of amides is 1. The number of carboxylic acid groups (broad SMARTS) is 1. The van der Waals surface area contributed by atoms with Crippen LogP contribution in [0.15, 0.2) is 29.2 Å². The summed E-state index contributed by atoms with van der Waals surface area (Å²) in [6.45, 7) is 1.76. The topological polar surface area (TPSA) is 99.3 Å². The molecule has 0 bridgehead atoms. The summed E-state index contributed by atoms with van der Waals surface area (Å²) in [5, 5.41) is 11.8. The molecule has 7 heteroatoms. The zero-order valence-corrected chi connectivity index (χ0v) is 10.7. The second-order valence-corrected chi connectivity index (χ2v) is 5.06. The van der Waals surface area contributed by atoms with E-state index >= 15 is 0 Å². The first-order chi connectivity index (χ1) is 8.97. The first kappa shape index (κ1) is 13.0. The van der Waals surface area contributed by atoms with Crippen LogP contribution in [0.4, 0.5) is 5.00 Å². The standard InChI is InChI=1S/C12H10N2O4S/c1-6-4-8(12(17)18)11(19-6)14-10(16)7-2-3-9(15)13-5-7/h2-5H,1H3,(H,13,15)(H,14,16)(H,17,18). The van der Waals surface area contributed by atoms with Crippen LogP contribution in [0.3, 0.4) is 0 Å². The zero-order chi connectivity index (χ0) is 14.0. The van der Waals surface area contributed by atoms with Gasteiger partial charge in [0.15, 0.2) is 0 Å². The molecule has 0 saturated heterocycles. The van der Waals surface area contributed by atoms with E-state index in [-0.39, 0.29) is 21.7 Å². The summed E-state index contributed by atoms with van der Waals surface area (Å²) in [6, 6.07) is 4.09. The minimum Gasteiger partial charge on any atom is -0.478 e. The summed E-state index contributed by atoms with van der Waals surface area (Å²) in [5.74, 6) is -1.57. The van der Waals surface area contributed by atoms with Gasteiger partial charge in [0.2, 0.25) is 5.56 Å². The smallest absolute Gasteiger partial charge is 0.338 e. The van der Waals surface area contributed by atoms with Crippen molar-refractivity contribution in [2.24, 2.45) is 0 Å². The SMILES string of the molecule is Cc1cc(C(=O)O)c(NC(=O)c2ccc(=O)[nH]c2)s1. The van der Waals surface area contributed by atoms with Crippen molar-refractivity contribution in [3.63, 3.8) is 0 Å². The molecule has 0 aliphatic carbocycles. The van der Waals surface area contributed by atoms with Crippen LogP contribution in [0.25, 0.3) is 0 Å². The Hall–Kier alpha value is -2.41. The molecule has 0 radical (unpaired) electrons. The fraction of sp³-hybridized carbons (Fsp3) is 0.0833. The van der Waals surface area contributed by atoms with Gasteiger partial charge in [-0.2, -0.15) is 0 Å². The fourth-order valence-corrected chi connectivity index (χ4v) is 2.39. The van der Waals surface area contributed by atoms with E-state index in [2.05, 4.69) is 10.3 Å². The number of aromatic nitrogens is 1. The highest BCUT2D eigenvalue weighted by Gasteiger charge is 2.16. The molecule has 1 amide bonds. The molecule has 6 nitrogen and oxygen atoms in total. The molecule has 0 unspecified atom stereocenters. The average Bonchev–Trinajstić information content (AvgIpc) is 2.71. The van der Waals surface area contributed by atoms with Crippen LogP contribution in [-0.4, -0.2) is 22.0 Å². The normalized spacial score (nSPS) is 10.2. The highest BCUT2D eigenvalue weighted by Crippen LogP contribution is 2.27. The lowest BCUT2D eigenvalue weighted by molar-refractivity contribution is 0.0698. The van der Waals surface area contributed by atoms with Crippen molar-refractivity contribution < 1.29 is 14.7 Å². The van der Waals surface area contributed by atoms with Crippen molar-refractivity contribution in [3.05, 3.63) is 50.8 Å². The number of rotatable bonds is 3. The molecule has 0 aromatic carbocycles. The molecule has 0 fully saturated rings. The number of thiophene rings is 1. The molecule has 19 heavy (non-hydrogen) atoms. The molecule has 2 heterocycles. The Balaban J connectivity index is 2.26. The van der Waals surface area contributed by atoms with Crippen LogP contribution in [0, 0.1) is 6.92 Å². The van der Waals surface area contributed by atoms with E-state index in [0.29, 0.717) is 0 Å². The first-order valence-corrected chi connectivity index (χ1v) is 6.13. The molecule has 0 aliphatic rings. The minimum absolute atomic E-state index is 0.0558. The van der Waals surface area contributed by atoms with Gasteiger partial charge in [-0.25, -0.2) is 4.79 Å². The Morgan fingerprint density at radius 1 is 1.37 bits per heavy atom. The largest absolute Gasteiger partial charge is 0.478 e. The van der Waals surface area contributed by atoms with E-state index in [1.807, 2.05) is 0 Å². The quantitative estimate of drug-likeness (QED) is 0.795. The van der Waals surface area contributed by atoms with Gasteiger partial charge in [0.05, 0.1) is 11.1 Å². The maximum Gasteiger partial charge on any atom is 0.338 e. The van der Waals surface area contributed by atoms with Crippen molar-refractivity contribution in [1.29, 1.82) is 0 Å². The van der Waals surface area contributed by atoms with Gasteiger partial charge in [-0.3, -0.25) is 9.59 Å². The Kier molecular flexibility index (Phi) is 3.48. The van der Waals surface area contributed by atoms with Gasteiger partial charge in [0, 0.05) is 17.1 Å². The van der Waals surface area contributed by atoms with Crippen LogP contribution >= 0.6 is 11.3 Å². The van der Waals surface area contributed by atoms with Gasteiger partial charge in [-0.1, -0.05) is 0 Å². The number of carbonyl (C=O) groups is 2. The number of carbonyl (C=O) groups excluding carboxylic acids is 1. The van der Waals surface area contributed by atoms with Gasteiger partial charge >= 0.3 is 5.97 Å². The number of carboxylic acids is 1. The lowest BCUT2D eigenvalue weighted by Crippen LogP contribution is -2.15. The highest BCUT2D eigenvalue weighted by atomic mass is 32.1. The number of anilines is 1. The van der Waals surface area contributed by atoms with E-state index in [1.54, 1.807) is 6.92 Å². The summed E-state index contributed by atoms with van der Waals surface area (Å²) in [6.07, 6.45) is 1.28. The predicted molar refractivity (Wildman–Crippen MR) is 71.0 cm³/mol. The number of aromatic amines is 1. The van der Waals surface area contributed by atoms with Crippen molar-refractivity contribution in [2.45, 2.75) is 6.92 Å². The van der Waals surface area contributed by atoms with Gasteiger partial charge < -0.3 is 15.4 Å². The molecule has 0 atom stereocenters. The molecule has 98 valence electrons. The molecular formula is C12H10N2O4S. The maximum atomic E-state index is 11.9. The molecule has 0 saturated carbocycles. The number of pyridine rings is 1. The number of aromatic carboxylic acids is 1. The third-order valence-electron chi connectivity index (χ3n) is 2.36. The summed E-state index contributed by atoms with van der Waals surface area (Å²) < 4.78 is 0. The van der Waals surface area contributed by atoms with E-state index in [4.69, 9.17) is 5.11 Å². The number of hydrogen-bond acceptors (Lipinski definition) is 4. The van der Waals surface area contributed by atoms with E-state index < -0.39 is 11.9 Å². The lowest BCUT2D eigenvalue weighted by atomic mass is 10.2. The fourth-order valence-electron chi connectivity index (χ4n) is 1.49. The predicted octanol–water partition coefficient (Wildman–Crippen LogP) is 1.70. The van der Waals surface area contributed by atoms with Crippen molar-refractivity contribution in [2.75, 3.05) is 5.32 Å². The van der Waals surface area contributed by atoms with Crippen molar-refractivity contribution >= 4 is 28.2 Å². The second-order valence-electron chi connectivity index (χ2n) is 3.80. The Labute approximate surface area is 111 Å². The molecule has 0 spiro atoms. The van der Waals surface area contributed by atoms with Gasteiger partial charge in [0.25, 0.3) is 5.91 Å². The third-order valence-corrected chi connectivity index (χ3v) is 3.33. The lowest BCUT2D eigenvalue weighted by Gasteiger charge is -2.03. The number of hydrogen-bond donors (Lipinski definition) is 3. The van der Waals surface area contributed by atoms with Crippen molar-refractivity contribution in [1.82, 2.24) is 4.98 Å². The molecule has 0 aliphatic heterocycles. The van der Waals surface area contributed by atoms with Crippen molar-refractivity contribution in [3.8, 4) is 0 Å². The molecule has 3 N–H and O–H groups in total. The Morgan fingerprint density at radius 2 is 2.11 bits per heavy atom. The van der Waals surface area contributed by atoms with E-state index in [1.165, 1.54) is 35.7 Å². The molecular weight excluding hydrogens is 268 g/mol. The highest BCUT2D eigenvalue weighted by molar-refractivity contribution is 7.16. The summed E-state index contributed by atoms with van der Waals surface area (Å²) in [5.41, 5.74) is -0.00277. The molecule has 2 rings (SSSR count). The molecule has 2 aromatic rings. The molecule has 2 aromatic heterocycles. The van der Waals surface area contributed by atoms with Crippen LogP contribution in [-0.2, 0) is 0 Å². The van der Waals surface area contributed by atoms with E-state index in [9.17, 15) is 14.4 Å². The summed E-state index contributed by atoms with van der Waals surface area (Å²) in [7, 11) is 0. The summed E-state index contributed by atoms with van der Waals surface area (Å²) >= 11 is 1.18. The monoisotopic (exact) mass is 278 g/mol. The van der Waals surface area contributed by atoms with Crippen LogP contribution in [0.1, 0.15) is 25.6 Å². The van der Waals surface area contributed by atoms with Gasteiger partial charge in [0.1, 0.15) is 5.00 Å². The van der Waals surface area contributed by atoms with Gasteiger partial charge in [-0.05, 0) is 19.1 Å². The number of H-pyrrole nitrogens is 1. The third kappa shape index (κ3) is 2.89. The zero-order valence-electron chi connectivity index (χ0n) is 9.89. The van der Waals surface area contributed by atoms with Gasteiger partial charge in [-0.15, -0.1) is 11.3 Å². The minimum atomic E-state index is -1.10. The van der Waals surface area contributed by atoms with Crippen LogP contribution in [0.5, 0.6) is 0 Å². The van der Waals surface area contributed by atoms with Crippen LogP contribution < -0.4 is 10.9 Å². The summed E-state index contributed by atoms with van der Waals surface area (Å²) in [4.78, 5) is 36.9.